The number of hydrogen-bond donors (Lipinski definition) is 1. The lowest BCUT2D eigenvalue weighted by Crippen LogP contribution is -2.17. The van der Waals surface area contributed by atoms with E-state index in [1.54, 1.807) is 0 Å². The molecule has 0 fully saturated rings. The SMILES string of the molecule is O=C(O)Oc1cn(Cc2cccc(C(F)(F)F)c2)c2cc(Cl)ccc2c1=O. The minimum absolute atomic E-state index is 0.0585. The number of halogens is 4. The van der Waals surface area contributed by atoms with Crippen molar-refractivity contribution < 1.29 is 27.8 Å². The third-order valence-electron chi connectivity index (χ3n) is 3.82. The van der Waals surface area contributed by atoms with E-state index in [1.807, 2.05) is 0 Å². The second kappa shape index (κ2) is 6.96. The Bertz CT molecular complexity index is 1090. The molecule has 0 saturated carbocycles. The van der Waals surface area contributed by atoms with Crippen molar-refractivity contribution in [2.75, 3.05) is 0 Å². The summed E-state index contributed by atoms with van der Waals surface area (Å²) in [5.74, 6) is -0.454. The summed E-state index contributed by atoms with van der Waals surface area (Å²) in [6.07, 6.45) is -5.04. The Labute approximate surface area is 155 Å². The lowest BCUT2D eigenvalue weighted by molar-refractivity contribution is -0.137. The second-order valence-corrected chi connectivity index (χ2v) is 6.11. The van der Waals surface area contributed by atoms with Crippen molar-refractivity contribution in [3.8, 4) is 5.75 Å². The molecule has 9 heteroatoms. The first-order valence-corrected chi connectivity index (χ1v) is 7.92. The van der Waals surface area contributed by atoms with Crippen LogP contribution >= 0.6 is 11.6 Å². The second-order valence-electron chi connectivity index (χ2n) is 5.68. The predicted molar refractivity (Wildman–Crippen MR) is 92.4 cm³/mol. The van der Waals surface area contributed by atoms with Gasteiger partial charge in [0.2, 0.25) is 5.43 Å². The van der Waals surface area contributed by atoms with Crippen LogP contribution in [0.2, 0.25) is 5.02 Å². The number of benzene rings is 2. The van der Waals surface area contributed by atoms with Crippen LogP contribution in [0, 0.1) is 0 Å². The lowest BCUT2D eigenvalue weighted by Gasteiger charge is -2.14. The topological polar surface area (TPSA) is 68.5 Å². The highest BCUT2D eigenvalue weighted by Crippen LogP contribution is 2.30. The van der Waals surface area contributed by atoms with E-state index in [9.17, 15) is 22.8 Å². The van der Waals surface area contributed by atoms with E-state index in [-0.39, 0.29) is 11.9 Å². The molecule has 1 N–H and O–H groups in total. The van der Waals surface area contributed by atoms with Gasteiger partial charge in [-0.2, -0.15) is 13.2 Å². The molecule has 2 aromatic carbocycles. The number of pyridine rings is 1. The first kappa shape index (κ1) is 18.8. The van der Waals surface area contributed by atoms with Crippen molar-refractivity contribution >= 4 is 28.7 Å². The summed E-state index contributed by atoms with van der Waals surface area (Å²) >= 11 is 5.97. The number of carboxylic acid groups (broad SMARTS) is 1. The molecule has 0 unspecified atom stereocenters. The van der Waals surface area contributed by atoms with Crippen molar-refractivity contribution in [3.05, 3.63) is 75.0 Å². The zero-order valence-corrected chi connectivity index (χ0v) is 14.2. The zero-order chi connectivity index (χ0) is 19.8. The first-order valence-electron chi connectivity index (χ1n) is 7.55. The Hall–Kier alpha value is -3.00. The van der Waals surface area contributed by atoms with Gasteiger partial charge >= 0.3 is 12.3 Å². The third-order valence-corrected chi connectivity index (χ3v) is 4.05. The number of fused-ring (bicyclic) bond motifs is 1. The molecule has 0 saturated heterocycles. The number of alkyl halides is 3. The summed E-state index contributed by atoms with van der Waals surface area (Å²) in [7, 11) is 0. The Morgan fingerprint density at radius 2 is 1.93 bits per heavy atom. The van der Waals surface area contributed by atoms with Crippen LogP contribution in [-0.4, -0.2) is 15.8 Å². The number of nitrogens with zero attached hydrogens (tertiary/aromatic N) is 1. The van der Waals surface area contributed by atoms with Gasteiger partial charge in [-0.1, -0.05) is 23.7 Å². The van der Waals surface area contributed by atoms with Crippen LogP contribution in [0.25, 0.3) is 10.9 Å². The molecular weight excluding hydrogens is 387 g/mol. The van der Waals surface area contributed by atoms with Crippen molar-refractivity contribution in [1.82, 2.24) is 4.57 Å². The van der Waals surface area contributed by atoms with Gasteiger partial charge in [0.05, 0.1) is 17.3 Å². The molecule has 1 heterocycles. The normalized spacial score (nSPS) is 11.6. The minimum Gasteiger partial charge on any atom is -0.449 e. The summed E-state index contributed by atoms with van der Waals surface area (Å²) in [5, 5.41) is 9.24. The van der Waals surface area contributed by atoms with Gasteiger partial charge in [0.1, 0.15) is 0 Å². The van der Waals surface area contributed by atoms with Gasteiger partial charge in [-0.3, -0.25) is 4.79 Å². The molecule has 0 amide bonds. The molecule has 0 radical (unpaired) electrons. The van der Waals surface area contributed by atoms with Crippen molar-refractivity contribution in [2.45, 2.75) is 12.7 Å². The van der Waals surface area contributed by atoms with Gasteiger partial charge in [-0.25, -0.2) is 4.79 Å². The average molecular weight is 398 g/mol. The van der Waals surface area contributed by atoms with Crippen LogP contribution in [0.15, 0.2) is 53.5 Å². The number of aromatic nitrogens is 1. The summed E-state index contributed by atoms with van der Waals surface area (Å²) in [6, 6.07) is 9.00. The molecule has 1 aromatic heterocycles. The molecule has 0 bridgehead atoms. The Morgan fingerprint density at radius 3 is 2.59 bits per heavy atom. The summed E-state index contributed by atoms with van der Waals surface area (Å²) in [4.78, 5) is 23.2. The monoisotopic (exact) mass is 397 g/mol. The van der Waals surface area contributed by atoms with Crippen molar-refractivity contribution in [3.63, 3.8) is 0 Å². The molecule has 0 aliphatic rings. The number of rotatable bonds is 3. The van der Waals surface area contributed by atoms with Crippen LogP contribution in [0.1, 0.15) is 11.1 Å². The van der Waals surface area contributed by atoms with Crippen LogP contribution < -0.4 is 10.2 Å². The largest absolute Gasteiger partial charge is 0.511 e. The molecule has 0 aliphatic carbocycles. The van der Waals surface area contributed by atoms with Crippen molar-refractivity contribution in [2.24, 2.45) is 0 Å². The van der Waals surface area contributed by atoms with Crippen molar-refractivity contribution in [1.29, 1.82) is 0 Å². The molecule has 3 aromatic rings. The number of carbonyl (C=O) groups is 1. The predicted octanol–water partition coefficient (Wildman–Crippen LogP) is 4.78. The van der Waals surface area contributed by atoms with Gasteiger partial charge in [-0.15, -0.1) is 0 Å². The fraction of sp³-hybridized carbons (Fsp3) is 0.111. The quantitative estimate of drug-likeness (QED) is 0.646. The van der Waals surface area contributed by atoms with E-state index >= 15 is 0 Å². The van der Waals surface area contributed by atoms with E-state index in [0.717, 1.165) is 18.3 Å². The van der Waals surface area contributed by atoms with Crippen LogP contribution in [0.4, 0.5) is 18.0 Å². The van der Waals surface area contributed by atoms with E-state index in [0.29, 0.717) is 16.1 Å². The maximum absolute atomic E-state index is 12.9. The molecule has 0 spiro atoms. The third kappa shape index (κ3) is 4.06. The fourth-order valence-electron chi connectivity index (χ4n) is 2.68. The fourth-order valence-corrected chi connectivity index (χ4v) is 2.84. The van der Waals surface area contributed by atoms with Gasteiger partial charge < -0.3 is 14.4 Å². The number of hydrogen-bond acceptors (Lipinski definition) is 3. The maximum Gasteiger partial charge on any atom is 0.511 e. The van der Waals surface area contributed by atoms with Crippen LogP contribution in [-0.2, 0) is 12.7 Å². The Balaban J connectivity index is 2.15. The Morgan fingerprint density at radius 1 is 1.19 bits per heavy atom. The number of ether oxygens (including phenoxy) is 1. The summed E-state index contributed by atoms with van der Waals surface area (Å²) < 4.78 is 44.7. The molecule has 0 aliphatic heterocycles. The molecule has 0 atom stereocenters. The van der Waals surface area contributed by atoms with E-state index in [2.05, 4.69) is 4.74 Å². The van der Waals surface area contributed by atoms with Gasteiger partial charge in [0.15, 0.2) is 5.75 Å². The molecule has 3 rings (SSSR count). The lowest BCUT2D eigenvalue weighted by atomic mass is 10.1. The Kier molecular flexibility index (Phi) is 4.84. The first-order chi connectivity index (χ1) is 12.6. The highest BCUT2D eigenvalue weighted by Gasteiger charge is 2.30. The molecule has 140 valence electrons. The molecule has 27 heavy (non-hydrogen) atoms. The van der Waals surface area contributed by atoms with E-state index in [4.69, 9.17) is 16.7 Å². The summed E-state index contributed by atoms with van der Waals surface area (Å²) in [6.45, 7) is -0.0585. The van der Waals surface area contributed by atoms with E-state index < -0.39 is 29.1 Å². The van der Waals surface area contributed by atoms with Crippen LogP contribution in [0.3, 0.4) is 0 Å². The zero-order valence-electron chi connectivity index (χ0n) is 13.5. The van der Waals surface area contributed by atoms with Gasteiger partial charge in [-0.05, 0) is 35.9 Å². The highest BCUT2D eigenvalue weighted by atomic mass is 35.5. The maximum atomic E-state index is 12.9. The highest BCUT2D eigenvalue weighted by molar-refractivity contribution is 6.31. The summed E-state index contributed by atoms with van der Waals surface area (Å²) in [5.41, 5.74) is -0.839. The van der Waals surface area contributed by atoms with Gasteiger partial charge in [0.25, 0.3) is 0 Å². The van der Waals surface area contributed by atoms with Crippen LogP contribution in [0.5, 0.6) is 5.75 Å². The molecule has 5 nitrogen and oxygen atoms in total. The molecular formula is C18H11ClF3NO4. The smallest absolute Gasteiger partial charge is 0.449 e. The standard InChI is InChI=1S/C18H11ClF3NO4/c19-12-4-5-13-14(7-12)23(9-15(16(13)24)27-17(25)26)8-10-2-1-3-11(6-10)18(20,21)22/h1-7,9H,8H2,(H,25,26). The minimum atomic E-state index is -4.50. The average Bonchev–Trinajstić information content (AvgIpc) is 2.58. The van der Waals surface area contributed by atoms with E-state index in [1.165, 1.54) is 34.9 Å². The van der Waals surface area contributed by atoms with Gasteiger partial charge in [0, 0.05) is 17.0 Å².